The highest BCUT2D eigenvalue weighted by Crippen LogP contribution is 2.25. The van der Waals surface area contributed by atoms with E-state index in [1.54, 1.807) is 6.07 Å². The first-order chi connectivity index (χ1) is 17.9. The highest BCUT2D eigenvalue weighted by atomic mass is 16.5. The van der Waals surface area contributed by atoms with Crippen LogP contribution in [-0.2, 0) is 32.0 Å². The molecule has 0 bridgehead atoms. The number of fused-ring (bicyclic) bond motifs is 1. The van der Waals surface area contributed by atoms with Crippen LogP contribution in [0.25, 0.3) is 22.2 Å². The van der Waals surface area contributed by atoms with E-state index in [4.69, 9.17) is 19.0 Å². The molecule has 2 heterocycles. The van der Waals surface area contributed by atoms with E-state index in [0.717, 1.165) is 29.7 Å². The molecule has 2 aromatic carbocycles. The first-order valence-electron chi connectivity index (χ1n) is 12.0. The normalized spacial score (nSPS) is 16.6. The van der Waals surface area contributed by atoms with Gasteiger partial charge in [0.05, 0.1) is 24.7 Å². The molecule has 0 unspecified atom stereocenters. The van der Waals surface area contributed by atoms with Crippen molar-refractivity contribution in [3.05, 3.63) is 58.6 Å². The largest absolute Gasteiger partial charge is 0.480 e. The topological polar surface area (TPSA) is 156 Å². The second kappa shape index (κ2) is 12.3. The lowest BCUT2D eigenvalue weighted by molar-refractivity contribution is -0.142. The van der Waals surface area contributed by atoms with E-state index in [0.29, 0.717) is 30.7 Å². The van der Waals surface area contributed by atoms with Crippen LogP contribution in [0.2, 0.25) is 0 Å². The molecule has 1 fully saturated rings. The van der Waals surface area contributed by atoms with Crippen molar-refractivity contribution in [2.45, 2.75) is 31.5 Å². The molecule has 11 nitrogen and oxygen atoms in total. The fraction of sp³-hybridized carbons (Fsp3) is 0.385. The first-order valence-corrected chi connectivity index (χ1v) is 12.0. The molecular weight excluding hydrogens is 480 g/mol. The van der Waals surface area contributed by atoms with Crippen molar-refractivity contribution < 1.29 is 28.6 Å². The van der Waals surface area contributed by atoms with Gasteiger partial charge in [-0.25, -0.2) is 9.59 Å². The zero-order chi connectivity index (χ0) is 26.2. The summed E-state index contributed by atoms with van der Waals surface area (Å²) in [6, 6.07) is 14.4. The summed E-state index contributed by atoms with van der Waals surface area (Å²) in [6.45, 7) is 1.49. The molecular formula is C26H28N4O7. The number of nitrogens with one attached hydrogen (secondary N) is 2. The van der Waals surface area contributed by atoms with E-state index in [1.165, 1.54) is 4.57 Å². The van der Waals surface area contributed by atoms with Crippen molar-refractivity contribution in [2.75, 3.05) is 32.9 Å². The highest BCUT2D eigenvalue weighted by molar-refractivity contribution is 5.82. The molecule has 1 saturated heterocycles. The van der Waals surface area contributed by atoms with E-state index < -0.39 is 30.5 Å². The van der Waals surface area contributed by atoms with Gasteiger partial charge in [0.2, 0.25) is 0 Å². The van der Waals surface area contributed by atoms with E-state index in [2.05, 4.69) is 16.7 Å². The molecule has 37 heavy (non-hydrogen) atoms. The number of carbonyl (C=O) groups is 2. The third kappa shape index (κ3) is 6.83. The summed E-state index contributed by atoms with van der Waals surface area (Å²) in [5.74, 6) is -1.93. The van der Waals surface area contributed by atoms with Crippen LogP contribution in [0.1, 0.15) is 12.0 Å². The van der Waals surface area contributed by atoms with Crippen LogP contribution in [-0.4, -0.2) is 66.6 Å². The van der Waals surface area contributed by atoms with Crippen LogP contribution >= 0.6 is 0 Å². The van der Waals surface area contributed by atoms with Gasteiger partial charge in [-0.1, -0.05) is 30.3 Å². The molecule has 0 radical (unpaired) electrons. The summed E-state index contributed by atoms with van der Waals surface area (Å²) in [5.41, 5.74) is 3.62. The lowest BCUT2D eigenvalue weighted by Gasteiger charge is -2.18. The third-order valence-electron chi connectivity index (χ3n) is 5.99. The molecule has 4 rings (SSSR count). The van der Waals surface area contributed by atoms with Crippen LogP contribution < -0.4 is 16.4 Å². The number of aliphatic carboxylic acids is 1. The second-order valence-corrected chi connectivity index (χ2v) is 8.66. The summed E-state index contributed by atoms with van der Waals surface area (Å²) in [7, 11) is 0. The van der Waals surface area contributed by atoms with Gasteiger partial charge in [-0.15, -0.1) is 0 Å². The molecule has 0 spiro atoms. The summed E-state index contributed by atoms with van der Waals surface area (Å²) >= 11 is 0. The van der Waals surface area contributed by atoms with Gasteiger partial charge < -0.3 is 29.6 Å². The number of rotatable bonds is 10. The van der Waals surface area contributed by atoms with Gasteiger partial charge in [0.25, 0.3) is 5.91 Å². The SMILES string of the molecule is N#C[C@H](Cc1ccc(-c2ccc3oc(=O)n(CCOCC(=O)O)c3c2)cc1)NC(=O)[C@@H]1CNCCCO1. The lowest BCUT2D eigenvalue weighted by Crippen LogP contribution is -2.46. The molecule has 1 amide bonds. The number of carbonyl (C=O) groups excluding carboxylic acids is 1. The van der Waals surface area contributed by atoms with Gasteiger partial charge in [0.1, 0.15) is 18.8 Å². The number of ether oxygens (including phenoxy) is 2. The standard InChI is InChI=1S/C26H28N4O7/c27-14-20(29-25(33)23-15-28-8-1-10-36-23)12-17-2-4-18(5-3-17)19-6-7-22-21(13-19)30(26(34)37-22)9-11-35-16-24(31)32/h2-7,13,20,23,28H,1,8-12,15-16H2,(H,29,33)(H,31,32)/t20-,23-/m0/s1. The van der Waals surface area contributed by atoms with Crippen LogP contribution in [0.15, 0.2) is 51.7 Å². The van der Waals surface area contributed by atoms with Crippen molar-refractivity contribution in [3.8, 4) is 17.2 Å². The van der Waals surface area contributed by atoms with Crippen molar-refractivity contribution in [1.82, 2.24) is 15.2 Å². The van der Waals surface area contributed by atoms with Crippen molar-refractivity contribution in [2.24, 2.45) is 0 Å². The second-order valence-electron chi connectivity index (χ2n) is 8.66. The molecule has 2 atom stereocenters. The van der Waals surface area contributed by atoms with E-state index >= 15 is 0 Å². The number of aromatic nitrogens is 1. The van der Waals surface area contributed by atoms with Gasteiger partial charge in [-0.05, 0) is 41.8 Å². The number of benzene rings is 2. The third-order valence-corrected chi connectivity index (χ3v) is 5.99. The Balaban J connectivity index is 1.42. The van der Waals surface area contributed by atoms with Gasteiger partial charge in [-0.2, -0.15) is 5.26 Å². The average molecular weight is 509 g/mol. The Hall–Kier alpha value is -3.98. The summed E-state index contributed by atoms with van der Waals surface area (Å²) in [5, 5.41) is 24.2. The molecule has 3 N–H and O–H groups in total. The number of nitrogens with zero attached hydrogens (tertiary/aromatic N) is 2. The Bertz CT molecular complexity index is 1330. The van der Waals surface area contributed by atoms with Crippen LogP contribution in [0.3, 0.4) is 0 Å². The van der Waals surface area contributed by atoms with Gasteiger partial charge >= 0.3 is 11.7 Å². The molecule has 0 aliphatic carbocycles. The predicted molar refractivity (Wildman–Crippen MR) is 133 cm³/mol. The minimum Gasteiger partial charge on any atom is -0.480 e. The number of hydrogen-bond acceptors (Lipinski definition) is 8. The van der Waals surface area contributed by atoms with Crippen molar-refractivity contribution >= 4 is 23.0 Å². The van der Waals surface area contributed by atoms with Crippen molar-refractivity contribution in [1.29, 1.82) is 5.26 Å². The highest BCUT2D eigenvalue weighted by Gasteiger charge is 2.23. The monoisotopic (exact) mass is 508 g/mol. The Morgan fingerprint density at radius 3 is 2.78 bits per heavy atom. The fourth-order valence-corrected chi connectivity index (χ4v) is 4.11. The van der Waals surface area contributed by atoms with Crippen LogP contribution in [0.5, 0.6) is 0 Å². The molecule has 0 saturated carbocycles. The Labute approximate surface area is 212 Å². The number of carboxylic acids is 1. The molecule has 194 valence electrons. The van der Waals surface area contributed by atoms with Crippen LogP contribution in [0, 0.1) is 11.3 Å². The van der Waals surface area contributed by atoms with Gasteiger partial charge in [0, 0.05) is 19.6 Å². The fourth-order valence-electron chi connectivity index (χ4n) is 4.11. The maximum absolute atomic E-state index is 12.5. The smallest absolute Gasteiger partial charge is 0.420 e. The molecule has 11 heteroatoms. The van der Waals surface area contributed by atoms with E-state index in [9.17, 15) is 19.6 Å². The first kappa shape index (κ1) is 26.1. The summed E-state index contributed by atoms with van der Waals surface area (Å²) in [6.07, 6.45) is 0.573. The maximum atomic E-state index is 12.5. The number of carboxylic acid groups (broad SMARTS) is 1. The summed E-state index contributed by atoms with van der Waals surface area (Å²) in [4.78, 5) is 35.4. The lowest BCUT2D eigenvalue weighted by atomic mass is 10.0. The van der Waals surface area contributed by atoms with E-state index in [1.807, 2.05) is 36.4 Å². The molecule has 1 aromatic heterocycles. The minimum absolute atomic E-state index is 0.0553. The van der Waals surface area contributed by atoms with Crippen molar-refractivity contribution in [3.63, 3.8) is 0 Å². The average Bonchev–Trinajstić information content (AvgIpc) is 3.04. The maximum Gasteiger partial charge on any atom is 0.420 e. The van der Waals surface area contributed by atoms with E-state index in [-0.39, 0.29) is 19.1 Å². The molecule has 1 aliphatic rings. The minimum atomic E-state index is -1.08. The Kier molecular flexibility index (Phi) is 8.68. The number of amides is 1. The quantitative estimate of drug-likeness (QED) is 0.344. The number of oxazole rings is 1. The zero-order valence-electron chi connectivity index (χ0n) is 20.1. The number of nitriles is 1. The molecule has 3 aromatic rings. The van der Waals surface area contributed by atoms with Gasteiger partial charge in [0.15, 0.2) is 5.58 Å². The summed E-state index contributed by atoms with van der Waals surface area (Å²) < 4.78 is 17.3. The number of hydrogen-bond donors (Lipinski definition) is 3. The Morgan fingerprint density at radius 2 is 2.03 bits per heavy atom. The molecule has 1 aliphatic heterocycles. The predicted octanol–water partition coefficient (Wildman–Crippen LogP) is 1.29. The Morgan fingerprint density at radius 1 is 1.24 bits per heavy atom. The van der Waals surface area contributed by atoms with Crippen LogP contribution in [0.4, 0.5) is 0 Å². The zero-order valence-corrected chi connectivity index (χ0v) is 20.1. The van der Waals surface area contributed by atoms with Gasteiger partial charge in [-0.3, -0.25) is 9.36 Å².